The average molecular weight is 611 g/mol. The minimum atomic E-state index is -1.97. The van der Waals surface area contributed by atoms with Gasteiger partial charge in [0.25, 0.3) is 0 Å². The molecule has 3 aromatic rings. The summed E-state index contributed by atoms with van der Waals surface area (Å²) in [5, 5.41) is 101. The number of aromatic hydroxyl groups is 4. The van der Waals surface area contributed by atoms with Crippen LogP contribution in [0.5, 0.6) is 28.7 Å². The minimum Gasteiger partial charge on any atom is -0.508 e. The Balaban J connectivity index is 1.48. The molecule has 2 fully saturated rings. The third-order valence-electron chi connectivity index (χ3n) is 7.29. The first-order valence-electron chi connectivity index (χ1n) is 13.0. The van der Waals surface area contributed by atoms with Gasteiger partial charge in [-0.25, -0.2) is 0 Å². The summed E-state index contributed by atoms with van der Waals surface area (Å²) >= 11 is 0. The third kappa shape index (κ3) is 5.67. The van der Waals surface area contributed by atoms with Crippen LogP contribution in [0.3, 0.4) is 0 Å². The Kier molecular flexibility index (Phi) is 8.41. The van der Waals surface area contributed by atoms with E-state index in [1.165, 1.54) is 13.0 Å². The number of fused-ring (bicyclic) bond motifs is 1. The van der Waals surface area contributed by atoms with Gasteiger partial charge in [-0.1, -0.05) is 0 Å². The van der Waals surface area contributed by atoms with Crippen LogP contribution >= 0.6 is 0 Å². The summed E-state index contributed by atoms with van der Waals surface area (Å²) in [7, 11) is 0. The van der Waals surface area contributed by atoms with Crippen LogP contribution in [0.25, 0.3) is 22.3 Å². The van der Waals surface area contributed by atoms with Crippen LogP contribution in [-0.4, -0.2) is 119 Å². The number of benzene rings is 2. The van der Waals surface area contributed by atoms with Gasteiger partial charge in [0.05, 0.1) is 12.7 Å². The smallest absolute Gasteiger partial charge is 0.239 e. The molecular weight excluding hydrogens is 580 g/mol. The molecule has 2 aliphatic rings. The molecule has 5 rings (SSSR count). The fraction of sp³-hybridized carbons (Fsp3) is 0.444. The van der Waals surface area contributed by atoms with E-state index in [2.05, 4.69) is 0 Å². The van der Waals surface area contributed by atoms with Crippen molar-refractivity contribution in [3.05, 3.63) is 40.6 Å². The third-order valence-corrected chi connectivity index (χ3v) is 7.29. The molecule has 0 amide bonds. The van der Waals surface area contributed by atoms with Crippen molar-refractivity contribution in [3.63, 3.8) is 0 Å². The maximum Gasteiger partial charge on any atom is 0.239 e. The van der Waals surface area contributed by atoms with Crippen LogP contribution in [0.2, 0.25) is 0 Å². The van der Waals surface area contributed by atoms with E-state index >= 15 is 0 Å². The van der Waals surface area contributed by atoms with Crippen LogP contribution in [0, 0.1) is 0 Å². The molecule has 0 saturated carbocycles. The Morgan fingerprint density at radius 1 is 0.744 bits per heavy atom. The van der Waals surface area contributed by atoms with Crippen LogP contribution in [0.4, 0.5) is 0 Å². The molecular formula is C27H30O16. The normalized spacial score (nSPS) is 33.0. The largest absolute Gasteiger partial charge is 0.508 e. The Morgan fingerprint density at radius 2 is 1.42 bits per heavy atom. The van der Waals surface area contributed by atoms with Crippen molar-refractivity contribution in [1.82, 2.24) is 0 Å². The van der Waals surface area contributed by atoms with Gasteiger partial charge in [0.2, 0.25) is 17.5 Å². The lowest BCUT2D eigenvalue weighted by molar-refractivity contribution is -0.318. The molecule has 1 aromatic heterocycles. The highest BCUT2D eigenvalue weighted by Crippen LogP contribution is 2.39. The summed E-state index contributed by atoms with van der Waals surface area (Å²) in [5.41, 5.74) is -1.35. The van der Waals surface area contributed by atoms with Gasteiger partial charge in [0.1, 0.15) is 65.2 Å². The van der Waals surface area contributed by atoms with Crippen molar-refractivity contribution in [1.29, 1.82) is 0 Å². The zero-order valence-electron chi connectivity index (χ0n) is 22.3. The van der Waals surface area contributed by atoms with Gasteiger partial charge in [-0.2, -0.15) is 0 Å². The number of hydrogen-bond acceptors (Lipinski definition) is 16. The van der Waals surface area contributed by atoms with Gasteiger partial charge in [-0.05, 0) is 25.1 Å². The highest BCUT2D eigenvalue weighted by Gasteiger charge is 2.47. The van der Waals surface area contributed by atoms with Gasteiger partial charge >= 0.3 is 0 Å². The van der Waals surface area contributed by atoms with Crippen molar-refractivity contribution >= 4 is 11.0 Å². The van der Waals surface area contributed by atoms with E-state index in [1.807, 2.05) is 0 Å². The van der Waals surface area contributed by atoms with Gasteiger partial charge < -0.3 is 74.4 Å². The van der Waals surface area contributed by atoms with E-state index in [0.29, 0.717) is 0 Å². The Hall–Kier alpha value is -3.71. The minimum absolute atomic E-state index is 0.0313. The fourth-order valence-corrected chi connectivity index (χ4v) is 4.84. The number of aliphatic hydroxyl groups excluding tert-OH is 6. The van der Waals surface area contributed by atoms with Crippen molar-refractivity contribution in [2.45, 2.75) is 68.3 Å². The zero-order valence-corrected chi connectivity index (χ0v) is 22.3. The monoisotopic (exact) mass is 610 g/mol. The molecule has 43 heavy (non-hydrogen) atoms. The Morgan fingerprint density at radius 3 is 2.12 bits per heavy atom. The molecule has 0 aliphatic carbocycles. The summed E-state index contributed by atoms with van der Waals surface area (Å²) in [6.45, 7) is 0.818. The van der Waals surface area contributed by atoms with Crippen LogP contribution in [-0.2, 0) is 14.2 Å². The first kappa shape index (κ1) is 30.7. The molecule has 0 spiro atoms. The fourth-order valence-electron chi connectivity index (χ4n) is 4.84. The van der Waals surface area contributed by atoms with Crippen molar-refractivity contribution in [2.24, 2.45) is 0 Å². The van der Waals surface area contributed by atoms with E-state index in [1.54, 1.807) is 0 Å². The first-order chi connectivity index (χ1) is 20.3. The number of hydrogen-bond donors (Lipinski definition) is 10. The number of ether oxygens (including phenoxy) is 4. The van der Waals surface area contributed by atoms with E-state index in [-0.39, 0.29) is 11.1 Å². The number of phenols is 4. The predicted molar refractivity (Wildman–Crippen MR) is 140 cm³/mol. The molecule has 10 N–H and O–H groups in total. The predicted octanol–water partition coefficient (Wildman–Crippen LogP) is -1.69. The van der Waals surface area contributed by atoms with Gasteiger partial charge in [-0.15, -0.1) is 0 Å². The number of rotatable bonds is 6. The van der Waals surface area contributed by atoms with Crippen LogP contribution in [0.15, 0.2) is 39.5 Å². The standard InChI is InChI=1S/C27H30O16/c1-8-17(32)20(35)22(37)26(40-8)39-7-15-18(33)21(36)23(38)27(42-15)43-25-19(34)16-13(31)5-10(28)6-14(16)41-24(25)9-2-3-11(29)12(30)4-9/h2-6,8,15,17-18,20-23,26-33,35-38H,7H2,1H3/t8-,15+,17-,18+,20+,21-,22+,23+,26-,27-/m0/s1. The van der Waals surface area contributed by atoms with Crippen LogP contribution < -0.4 is 10.2 Å². The lowest BCUT2D eigenvalue weighted by Crippen LogP contribution is -2.61. The maximum atomic E-state index is 13.6. The number of aliphatic hydroxyl groups is 6. The van der Waals surface area contributed by atoms with Crippen molar-refractivity contribution < 1.29 is 74.4 Å². The molecule has 16 heteroatoms. The lowest BCUT2D eigenvalue weighted by Gasteiger charge is -2.42. The second kappa shape index (κ2) is 11.8. The summed E-state index contributed by atoms with van der Waals surface area (Å²) in [5.74, 6) is -3.33. The topological polar surface area (TPSA) is 269 Å². The van der Waals surface area contributed by atoms with Gasteiger partial charge in [-0.3, -0.25) is 4.79 Å². The summed E-state index contributed by atoms with van der Waals surface area (Å²) < 4.78 is 27.8. The van der Waals surface area contributed by atoms with E-state index in [4.69, 9.17) is 23.4 Å². The van der Waals surface area contributed by atoms with E-state index in [9.17, 15) is 55.9 Å². The molecule has 0 unspecified atom stereocenters. The van der Waals surface area contributed by atoms with Gasteiger partial charge in [0, 0.05) is 17.7 Å². The second-order valence-corrected chi connectivity index (χ2v) is 10.3. The summed E-state index contributed by atoms with van der Waals surface area (Å²) in [6.07, 6.45) is -16.2. The van der Waals surface area contributed by atoms with Crippen molar-refractivity contribution in [3.8, 4) is 40.1 Å². The molecule has 234 valence electrons. The highest BCUT2D eigenvalue weighted by atomic mass is 16.7. The van der Waals surface area contributed by atoms with E-state index in [0.717, 1.165) is 24.3 Å². The van der Waals surface area contributed by atoms with Gasteiger partial charge in [0.15, 0.2) is 23.5 Å². The Labute approximate surface area is 241 Å². The molecule has 16 nitrogen and oxygen atoms in total. The summed E-state index contributed by atoms with van der Waals surface area (Å²) in [4.78, 5) is 13.6. The quantitative estimate of drug-likeness (QED) is 0.140. The highest BCUT2D eigenvalue weighted by molar-refractivity contribution is 5.88. The van der Waals surface area contributed by atoms with Crippen LogP contribution in [0.1, 0.15) is 6.92 Å². The number of phenolic OH excluding ortho intramolecular Hbond substituents is 4. The molecule has 3 heterocycles. The molecule has 2 saturated heterocycles. The maximum absolute atomic E-state index is 13.6. The lowest BCUT2D eigenvalue weighted by atomic mass is 9.98. The molecule has 2 aromatic carbocycles. The molecule has 0 radical (unpaired) electrons. The summed E-state index contributed by atoms with van der Waals surface area (Å²) in [6, 6.07) is 5.24. The van der Waals surface area contributed by atoms with E-state index < -0.39 is 113 Å². The Bertz CT molecular complexity index is 1540. The average Bonchev–Trinajstić information content (AvgIpc) is 2.96. The molecule has 0 bridgehead atoms. The first-order valence-corrected chi connectivity index (χ1v) is 13.0. The van der Waals surface area contributed by atoms with Crippen molar-refractivity contribution in [2.75, 3.05) is 6.61 Å². The second-order valence-electron chi connectivity index (χ2n) is 10.3. The molecule has 2 aliphatic heterocycles. The zero-order chi connectivity index (χ0) is 31.3. The SMILES string of the molecule is C[C@@H]1O[C@H](OC[C@H]2O[C@@H](Oc3c(-c4ccc(O)c(O)c4)oc4cc(O)cc(O)c4c3=O)[C@H](O)[C@@H](O)[C@@H]2O)[C@H](O)[C@H](O)[C@H]1O. The molecule has 10 atom stereocenters.